The number of benzene rings is 1. The average Bonchev–Trinajstić information content (AvgIpc) is 2.83. The van der Waals surface area contributed by atoms with Gasteiger partial charge in [-0.1, -0.05) is 35.8 Å². The van der Waals surface area contributed by atoms with E-state index in [1.165, 1.54) is 5.56 Å². The topological polar surface area (TPSA) is 38.1 Å². The molecule has 1 heterocycles. The van der Waals surface area contributed by atoms with Gasteiger partial charge in [0.25, 0.3) is 0 Å². The Morgan fingerprint density at radius 3 is 2.85 bits per heavy atom. The Labute approximate surface area is 128 Å². The Balaban J connectivity index is 1.98. The van der Waals surface area contributed by atoms with Gasteiger partial charge in [-0.15, -0.1) is 0 Å². The minimum Gasteiger partial charge on any atom is -0.441 e. The van der Waals surface area contributed by atoms with E-state index in [0.29, 0.717) is 6.04 Å². The van der Waals surface area contributed by atoms with E-state index in [2.05, 4.69) is 65.2 Å². The maximum Gasteiger partial charge on any atom is 0.194 e. The van der Waals surface area contributed by atoms with Crippen LogP contribution in [0, 0.1) is 6.92 Å². The third-order valence-corrected chi connectivity index (χ3v) is 3.72. The third-order valence-electron chi connectivity index (χ3n) is 3.06. The fraction of sp³-hybridized carbons (Fsp3) is 0.438. The Morgan fingerprint density at radius 2 is 2.15 bits per heavy atom. The van der Waals surface area contributed by atoms with Gasteiger partial charge in [0.1, 0.15) is 0 Å². The molecule has 2 rings (SSSR count). The zero-order valence-electron chi connectivity index (χ0n) is 12.2. The summed E-state index contributed by atoms with van der Waals surface area (Å²) in [6, 6.07) is 6.75. The maximum atomic E-state index is 5.83. The van der Waals surface area contributed by atoms with E-state index >= 15 is 0 Å². The molecule has 0 unspecified atom stereocenters. The van der Waals surface area contributed by atoms with Gasteiger partial charge in [-0.2, -0.15) is 0 Å². The molecular weight excluding hydrogens is 316 g/mol. The standard InChI is InChI=1S/C16H21BrN2O/c1-11(2)18-8-4-5-16-19-10-15(20-16)13-7-6-12(3)9-14(13)17/h6-7,9-11,18H,4-5,8H2,1-3H3. The van der Waals surface area contributed by atoms with E-state index in [1.54, 1.807) is 6.20 Å². The molecule has 0 aliphatic carbocycles. The molecule has 0 aliphatic heterocycles. The highest BCUT2D eigenvalue weighted by molar-refractivity contribution is 9.10. The number of aryl methyl sites for hydroxylation is 2. The van der Waals surface area contributed by atoms with E-state index in [4.69, 9.17) is 4.42 Å². The zero-order valence-corrected chi connectivity index (χ0v) is 13.8. The maximum absolute atomic E-state index is 5.83. The van der Waals surface area contributed by atoms with Gasteiger partial charge >= 0.3 is 0 Å². The molecular formula is C16H21BrN2O. The van der Waals surface area contributed by atoms with Crippen molar-refractivity contribution in [1.29, 1.82) is 0 Å². The average molecular weight is 337 g/mol. The van der Waals surface area contributed by atoms with E-state index < -0.39 is 0 Å². The van der Waals surface area contributed by atoms with Crippen molar-refractivity contribution >= 4 is 15.9 Å². The van der Waals surface area contributed by atoms with Crippen LogP contribution in [0.4, 0.5) is 0 Å². The van der Waals surface area contributed by atoms with Crippen molar-refractivity contribution in [1.82, 2.24) is 10.3 Å². The summed E-state index contributed by atoms with van der Waals surface area (Å²) in [6.07, 6.45) is 3.71. The van der Waals surface area contributed by atoms with E-state index in [1.807, 2.05) is 0 Å². The summed E-state index contributed by atoms with van der Waals surface area (Å²) < 4.78 is 6.87. The van der Waals surface area contributed by atoms with Crippen molar-refractivity contribution in [3.8, 4) is 11.3 Å². The number of aromatic nitrogens is 1. The second-order valence-electron chi connectivity index (χ2n) is 5.31. The summed E-state index contributed by atoms with van der Waals surface area (Å²) in [6.45, 7) is 7.36. The van der Waals surface area contributed by atoms with Crippen molar-refractivity contribution in [2.24, 2.45) is 0 Å². The number of nitrogens with zero attached hydrogens (tertiary/aromatic N) is 1. The summed E-state index contributed by atoms with van der Waals surface area (Å²) in [5.74, 6) is 1.63. The number of hydrogen-bond donors (Lipinski definition) is 1. The zero-order chi connectivity index (χ0) is 14.5. The summed E-state index contributed by atoms with van der Waals surface area (Å²) in [5, 5.41) is 3.39. The van der Waals surface area contributed by atoms with Crippen molar-refractivity contribution in [3.63, 3.8) is 0 Å². The molecule has 20 heavy (non-hydrogen) atoms. The normalized spacial score (nSPS) is 11.2. The predicted octanol–water partition coefficient (Wildman–Crippen LogP) is 4.34. The molecule has 0 atom stereocenters. The molecule has 3 nitrogen and oxygen atoms in total. The summed E-state index contributed by atoms with van der Waals surface area (Å²) >= 11 is 3.58. The van der Waals surface area contributed by atoms with Gasteiger partial charge in [-0.05, 0) is 37.6 Å². The van der Waals surface area contributed by atoms with Crippen LogP contribution in [-0.2, 0) is 6.42 Å². The van der Waals surface area contributed by atoms with Crippen LogP contribution in [0.3, 0.4) is 0 Å². The molecule has 0 saturated heterocycles. The molecule has 108 valence electrons. The monoisotopic (exact) mass is 336 g/mol. The highest BCUT2D eigenvalue weighted by Gasteiger charge is 2.09. The van der Waals surface area contributed by atoms with Gasteiger partial charge < -0.3 is 9.73 Å². The first kappa shape index (κ1) is 15.3. The van der Waals surface area contributed by atoms with E-state index in [-0.39, 0.29) is 0 Å². The lowest BCUT2D eigenvalue weighted by atomic mass is 10.1. The molecule has 1 N–H and O–H groups in total. The van der Waals surface area contributed by atoms with Crippen LogP contribution >= 0.6 is 15.9 Å². The van der Waals surface area contributed by atoms with Crippen LogP contribution in [0.1, 0.15) is 31.7 Å². The molecule has 0 aliphatic rings. The highest BCUT2D eigenvalue weighted by Crippen LogP contribution is 2.29. The van der Waals surface area contributed by atoms with E-state index in [9.17, 15) is 0 Å². The molecule has 0 fully saturated rings. The predicted molar refractivity (Wildman–Crippen MR) is 85.8 cm³/mol. The van der Waals surface area contributed by atoms with Gasteiger partial charge in [0.05, 0.1) is 6.20 Å². The largest absolute Gasteiger partial charge is 0.441 e. The smallest absolute Gasteiger partial charge is 0.194 e. The minimum absolute atomic E-state index is 0.527. The van der Waals surface area contributed by atoms with Gasteiger partial charge in [-0.25, -0.2) is 4.98 Å². The molecule has 0 saturated carbocycles. The van der Waals surface area contributed by atoms with Crippen LogP contribution in [0.15, 0.2) is 33.3 Å². The number of nitrogens with one attached hydrogen (secondary N) is 1. The van der Waals surface area contributed by atoms with Crippen LogP contribution in [0.2, 0.25) is 0 Å². The Morgan fingerprint density at radius 1 is 1.35 bits per heavy atom. The fourth-order valence-electron chi connectivity index (χ4n) is 2.00. The minimum atomic E-state index is 0.527. The van der Waals surface area contributed by atoms with Gasteiger partial charge in [0, 0.05) is 22.5 Å². The van der Waals surface area contributed by atoms with Crippen LogP contribution in [-0.4, -0.2) is 17.6 Å². The molecule has 2 aromatic rings. The first-order chi connectivity index (χ1) is 9.56. The molecule has 0 bridgehead atoms. The molecule has 0 spiro atoms. The van der Waals surface area contributed by atoms with Crippen LogP contribution in [0.5, 0.6) is 0 Å². The first-order valence-corrected chi connectivity index (χ1v) is 7.80. The van der Waals surface area contributed by atoms with Crippen molar-refractivity contribution < 1.29 is 4.42 Å². The lowest BCUT2D eigenvalue weighted by Crippen LogP contribution is -2.23. The van der Waals surface area contributed by atoms with Gasteiger partial charge in [-0.3, -0.25) is 0 Å². The quantitative estimate of drug-likeness (QED) is 0.797. The van der Waals surface area contributed by atoms with Gasteiger partial charge in [0.2, 0.25) is 0 Å². The number of halogens is 1. The summed E-state index contributed by atoms with van der Waals surface area (Å²) in [7, 11) is 0. The van der Waals surface area contributed by atoms with Crippen molar-refractivity contribution in [2.75, 3.05) is 6.54 Å². The first-order valence-electron chi connectivity index (χ1n) is 7.01. The van der Waals surface area contributed by atoms with E-state index in [0.717, 1.165) is 41.1 Å². The second kappa shape index (κ2) is 7.04. The van der Waals surface area contributed by atoms with Crippen molar-refractivity contribution in [3.05, 3.63) is 40.3 Å². The Hall–Kier alpha value is -1.13. The second-order valence-corrected chi connectivity index (χ2v) is 6.17. The number of hydrogen-bond acceptors (Lipinski definition) is 3. The summed E-state index contributed by atoms with van der Waals surface area (Å²) in [5.41, 5.74) is 2.27. The summed E-state index contributed by atoms with van der Waals surface area (Å²) in [4.78, 5) is 4.36. The Kier molecular flexibility index (Phi) is 5.38. The third kappa shape index (κ3) is 4.18. The highest BCUT2D eigenvalue weighted by atomic mass is 79.9. The molecule has 0 amide bonds. The fourth-order valence-corrected chi connectivity index (χ4v) is 2.69. The molecule has 4 heteroatoms. The van der Waals surface area contributed by atoms with Crippen LogP contribution < -0.4 is 5.32 Å². The SMILES string of the molecule is Cc1ccc(-c2cnc(CCCNC(C)C)o2)c(Br)c1. The van der Waals surface area contributed by atoms with Crippen molar-refractivity contribution in [2.45, 2.75) is 39.7 Å². The lowest BCUT2D eigenvalue weighted by molar-refractivity contribution is 0.484. The Bertz CT molecular complexity index is 563. The molecule has 0 radical (unpaired) electrons. The van der Waals surface area contributed by atoms with Crippen LogP contribution in [0.25, 0.3) is 11.3 Å². The van der Waals surface area contributed by atoms with Gasteiger partial charge in [0.15, 0.2) is 11.7 Å². The lowest BCUT2D eigenvalue weighted by Gasteiger charge is -2.06. The number of rotatable bonds is 6. The molecule has 1 aromatic carbocycles. The number of oxazole rings is 1. The molecule has 1 aromatic heterocycles.